The molecule has 0 spiro atoms. The van der Waals surface area contributed by atoms with Crippen molar-refractivity contribution in [1.29, 1.82) is 0 Å². The number of hydrogen-bond acceptors (Lipinski definition) is 6. The maximum Gasteiger partial charge on any atom is 0.410 e. The Hall–Kier alpha value is -2.64. The number of likely N-dealkylation sites (tertiary alicyclic amines) is 1. The first-order chi connectivity index (χ1) is 12.6. The van der Waals surface area contributed by atoms with Crippen LogP contribution < -0.4 is 0 Å². The van der Waals surface area contributed by atoms with E-state index >= 15 is 0 Å². The molecule has 1 saturated heterocycles. The average molecular weight is 378 g/mol. The van der Waals surface area contributed by atoms with Gasteiger partial charge < -0.3 is 14.4 Å². The third kappa shape index (κ3) is 4.56. The van der Waals surface area contributed by atoms with Crippen LogP contribution in [0, 0.1) is 10.1 Å². The van der Waals surface area contributed by atoms with E-state index in [1.54, 1.807) is 45.9 Å². The molecule has 0 aliphatic carbocycles. The third-order valence-electron chi connectivity index (χ3n) is 4.43. The second-order valence-electron chi connectivity index (χ2n) is 7.58. The lowest BCUT2D eigenvalue weighted by atomic mass is 9.73. The summed E-state index contributed by atoms with van der Waals surface area (Å²) in [5.41, 5.74) is -1.87. The largest absolute Gasteiger partial charge is 0.465 e. The molecule has 0 N–H and O–H groups in total. The van der Waals surface area contributed by atoms with Gasteiger partial charge in [0.15, 0.2) is 0 Å². The molecule has 1 aliphatic rings. The van der Waals surface area contributed by atoms with Gasteiger partial charge in [0.1, 0.15) is 11.0 Å². The minimum Gasteiger partial charge on any atom is -0.465 e. The van der Waals surface area contributed by atoms with Gasteiger partial charge in [-0.15, -0.1) is 0 Å². The van der Waals surface area contributed by atoms with E-state index in [1.807, 2.05) is 0 Å². The number of rotatable bonds is 4. The van der Waals surface area contributed by atoms with Crippen molar-refractivity contribution in [3.63, 3.8) is 0 Å². The summed E-state index contributed by atoms with van der Waals surface area (Å²) in [6, 6.07) is 6.13. The lowest BCUT2D eigenvalue weighted by molar-refractivity contribution is -0.386. The fourth-order valence-corrected chi connectivity index (χ4v) is 3.34. The summed E-state index contributed by atoms with van der Waals surface area (Å²) in [7, 11) is 0. The standard InChI is InChI=1S/C19H26N2O6/c1-5-26-16(22)19(14-9-6-7-10-15(14)21(24)25)11-8-12-20(13-19)17(23)27-18(2,3)4/h6-7,9-10H,5,8,11-13H2,1-4H3. The van der Waals surface area contributed by atoms with Crippen molar-refractivity contribution >= 4 is 17.7 Å². The van der Waals surface area contributed by atoms with E-state index in [1.165, 1.54) is 11.0 Å². The topological polar surface area (TPSA) is 99.0 Å². The Morgan fingerprint density at radius 1 is 1.30 bits per heavy atom. The van der Waals surface area contributed by atoms with Crippen LogP contribution in [0.4, 0.5) is 10.5 Å². The van der Waals surface area contributed by atoms with Crippen LogP contribution in [-0.2, 0) is 19.7 Å². The van der Waals surface area contributed by atoms with Crippen molar-refractivity contribution < 1.29 is 24.0 Å². The molecule has 8 heteroatoms. The number of carbonyl (C=O) groups excluding carboxylic acids is 2. The van der Waals surface area contributed by atoms with E-state index in [-0.39, 0.29) is 24.4 Å². The summed E-state index contributed by atoms with van der Waals surface area (Å²) in [5.74, 6) is -0.562. The summed E-state index contributed by atoms with van der Waals surface area (Å²) in [6.45, 7) is 7.50. The highest BCUT2D eigenvalue weighted by Gasteiger charge is 2.50. The molecule has 1 heterocycles. The van der Waals surface area contributed by atoms with Gasteiger partial charge in [-0.1, -0.05) is 18.2 Å². The van der Waals surface area contributed by atoms with Gasteiger partial charge in [-0.25, -0.2) is 4.79 Å². The summed E-state index contributed by atoms with van der Waals surface area (Å²) in [6.07, 6.45) is 0.314. The van der Waals surface area contributed by atoms with Gasteiger partial charge in [-0.2, -0.15) is 0 Å². The van der Waals surface area contributed by atoms with Crippen molar-refractivity contribution in [3.05, 3.63) is 39.9 Å². The lowest BCUT2D eigenvalue weighted by Gasteiger charge is -2.41. The summed E-state index contributed by atoms with van der Waals surface area (Å²) in [4.78, 5) is 37.9. The normalized spacial score (nSPS) is 20.1. The summed E-state index contributed by atoms with van der Waals surface area (Å²) >= 11 is 0. The molecule has 1 aromatic carbocycles. The van der Waals surface area contributed by atoms with Crippen molar-refractivity contribution in [1.82, 2.24) is 4.90 Å². The average Bonchev–Trinajstić information content (AvgIpc) is 2.60. The van der Waals surface area contributed by atoms with Gasteiger partial charge in [-0.05, 0) is 40.5 Å². The zero-order valence-corrected chi connectivity index (χ0v) is 16.2. The third-order valence-corrected chi connectivity index (χ3v) is 4.43. The Balaban J connectivity index is 2.48. The zero-order valence-electron chi connectivity index (χ0n) is 16.2. The SMILES string of the molecule is CCOC(=O)C1(c2ccccc2[N+](=O)[O-])CCCN(C(=O)OC(C)(C)C)C1. The Bertz CT molecular complexity index is 727. The number of amides is 1. The van der Waals surface area contributed by atoms with Crippen LogP contribution in [0.25, 0.3) is 0 Å². The first-order valence-corrected chi connectivity index (χ1v) is 9.00. The number of nitrogens with zero attached hydrogens (tertiary/aromatic N) is 2. The number of benzene rings is 1. The predicted octanol–water partition coefficient (Wildman–Crippen LogP) is 3.43. The minimum absolute atomic E-state index is 0.0222. The lowest BCUT2D eigenvalue weighted by Crippen LogP contribution is -2.54. The van der Waals surface area contributed by atoms with E-state index in [9.17, 15) is 19.7 Å². The molecule has 1 fully saturated rings. The van der Waals surface area contributed by atoms with Crippen LogP contribution in [0.5, 0.6) is 0 Å². The van der Waals surface area contributed by atoms with E-state index in [4.69, 9.17) is 9.47 Å². The molecule has 27 heavy (non-hydrogen) atoms. The number of nitro benzene ring substituents is 1. The molecule has 0 bridgehead atoms. The first-order valence-electron chi connectivity index (χ1n) is 9.00. The molecule has 1 aliphatic heterocycles. The number of hydrogen-bond donors (Lipinski definition) is 0. The molecule has 2 rings (SSSR count). The van der Waals surface area contributed by atoms with Gasteiger partial charge in [0.05, 0.1) is 11.5 Å². The molecule has 1 unspecified atom stereocenters. The molecule has 1 aromatic rings. The summed E-state index contributed by atoms with van der Waals surface area (Å²) < 4.78 is 10.7. The Labute approximate surface area is 158 Å². The first kappa shape index (κ1) is 20.7. The molecular weight excluding hydrogens is 352 g/mol. The second-order valence-corrected chi connectivity index (χ2v) is 7.58. The number of piperidine rings is 1. The molecule has 1 amide bonds. The van der Waals surface area contributed by atoms with Gasteiger partial charge in [0.2, 0.25) is 0 Å². The maximum absolute atomic E-state index is 12.9. The van der Waals surface area contributed by atoms with Crippen LogP contribution in [0.15, 0.2) is 24.3 Å². The van der Waals surface area contributed by atoms with Gasteiger partial charge in [0, 0.05) is 24.7 Å². The minimum atomic E-state index is -1.30. The highest BCUT2D eigenvalue weighted by Crippen LogP contribution is 2.40. The van der Waals surface area contributed by atoms with E-state index in [2.05, 4.69) is 0 Å². The Kier molecular flexibility index (Phi) is 6.08. The smallest absolute Gasteiger partial charge is 0.410 e. The van der Waals surface area contributed by atoms with Crippen LogP contribution in [-0.4, -0.2) is 47.2 Å². The quantitative estimate of drug-likeness (QED) is 0.452. The monoisotopic (exact) mass is 378 g/mol. The van der Waals surface area contributed by atoms with Gasteiger partial charge in [-0.3, -0.25) is 14.9 Å². The van der Waals surface area contributed by atoms with Crippen molar-refractivity contribution in [2.75, 3.05) is 19.7 Å². The van der Waals surface area contributed by atoms with E-state index < -0.39 is 28.0 Å². The van der Waals surface area contributed by atoms with Crippen LogP contribution >= 0.6 is 0 Å². The molecule has 148 valence electrons. The van der Waals surface area contributed by atoms with Crippen molar-refractivity contribution in [2.24, 2.45) is 0 Å². The van der Waals surface area contributed by atoms with Crippen LogP contribution in [0.1, 0.15) is 46.1 Å². The highest BCUT2D eigenvalue weighted by atomic mass is 16.6. The fourth-order valence-electron chi connectivity index (χ4n) is 3.34. The number of nitro groups is 1. The molecule has 8 nitrogen and oxygen atoms in total. The predicted molar refractivity (Wildman–Crippen MR) is 98.4 cm³/mol. The second kappa shape index (κ2) is 7.94. The van der Waals surface area contributed by atoms with E-state index in [0.717, 1.165) is 0 Å². The van der Waals surface area contributed by atoms with Crippen LogP contribution in [0.2, 0.25) is 0 Å². The number of para-hydroxylation sites is 1. The molecular formula is C19H26N2O6. The van der Waals surface area contributed by atoms with Gasteiger partial charge in [0.25, 0.3) is 5.69 Å². The number of ether oxygens (including phenoxy) is 2. The fraction of sp³-hybridized carbons (Fsp3) is 0.579. The Morgan fingerprint density at radius 3 is 2.56 bits per heavy atom. The summed E-state index contributed by atoms with van der Waals surface area (Å²) in [5, 5.41) is 11.5. The maximum atomic E-state index is 12.9. The molecule has 0 saturated carbocycles. The number of carbonyl (C=O) groups is 2. The number of esters is 1. The Morgan fingerprint density at radius 2 is 1.96 bits per heavy atom. The van der Waals surface area contributed by atoms with Crippen molar-refractivity contribution in [3.8, 4) is 0 Å². The van der Waals surface area contributed by atoms with Crippen LogP contribution in [0.3, 0.4) is 0 Å². The molecule has 1 atom stereocenters. The van der Waals surface area contributed by atoms with Gasteiger partial charge >= 0.3 is 12.1 Å². The van der Waals surface area contributed by atoms with E-state index in [0.29, 0.717) is 19.4 Å². The molecule has 0 radical (unpaired) electrons. The molecule has 0 aromatic heterocycles. The van der Waals surface area contributed by atoms with Crippen molar-refractivity contribution in [2.45, 2.75) is 51.6 Å². The zero-order chi connectivity index (χ0) is 20.2. The highest BCUT2D eigenvalue weighted by molar-refractivity contribution is 5.86.